The highest BCUT2D eigenvalue weighted by Crippen LogP contribution is 2.16. The molecule has 5 nitrogen and oxygen atoms in total. The summed E-state index contributed by atoms with van der Waals surface area (Å²) in [6.45, 7) is 0. The summed E-state index contributed by atoms with van der Waals surface area (Å²) in [5.41, 5.74) is 1.20. The Morgan fingerprint density at radius 2 is 2.23 bits per heavy atom. The normalized spacial score (nSPS) is 12.7. The van der Waals surface area contributed by atoms with Crippen LogP contribution in [0.2, 0.25) is 0 Å². The molecule has 0 aromatic carbocycles. The van der Waals surface area contributed by atoms with Crippen LogP contribution in [0.15, 0.2) is 31.0 Å². The van der Waals surface area contributed by atoms with E-state index >= 15 is 0 Å². The molecule has 0 aliphatic heterocycles. The average molecular weight is 176 g/mol. The van der Waals surface area contributed by atoms with Crippen molar-refractivity contribution in [3.8, 4) is 0 Å². The Morgan fingerprint density at radius 3 is 2.85 bits per heavy atom. The van der Waals surface area contributed by atoms with Crippen LogP contribution in [0.5, 0.6) is 0 Å². The van der Waals surface area contributed by atoms with Crippen LogP contribution in [0, 0.1) is 0 Å². The van der Waals surface area contributed by atoms with Gasteiger partial charge >= 0.3 is 0 Å². The van der Waals surface area contributed by atoms with Gasteiger partial charge in [0, 0.05) is 24.2 Å². The van der Waals surface area contributed by atoms with Gasteiger partial charge in [0.25, 0.3) is 0 Å². The smallest absolute Gasteiger partial charge is 0.126 e. The molecule has 2 heterocycles. The summed E-state index contributed by atoms with van der Waals surface area (Å²) in [6, 6.07) is 0. The Morgan fingerprint density at radius 1 is 1.31 bits per heavy atom. The summed E-state index contributed by atoms with van der Waals surface area (Å²) in [5.74, 6) is 0. The third-order valence-electron chi connectivity index (χ3n) is 1.70. The fourth-order valence-electron chi connectivity index (χ4n) is 1.03. The minimum absolute atomic E-state index is 0.518. The van der Waals surface area contributed by atoms with Crippen LogP contribution in [0.25, 0.3) is 0 Å². The van der Waals surface area contributed by atoms with Crippen molar-refractivity contribution < 1.29 is 5.11 Å². The summed E-state index contributed by atoms with van der Waals surface area (Å²) in [4.78, 5) is 7.84. The molecule has 13 heavy (non-hydrogen) atoms. The largest absolute Gasteiger partial charge is 0.382 e. The van der Waals surface area contributed by atoms with Crippen molar-refractivity contribution in [1.82, 2.24) is 20.2 Å². The molecule has 2 rings (SSSR count). The lowest BCUT2D eigenvalue weighted by Crippen LogP contribution is -2.01. The van der Waals surface area contributed by atoms with Gasteiger partial charge in [-0.15, -0.1) is 0 Å². The fourth-order valence-corrected chi connectivity index (χ4v) is 1.03. The maximum absolute atomic E-state index is 9.72. The Labute approximate surface area is 74.5 Å². The van der Waals surface area contributed by atoms with Crippen molar-refractivity contribution in [2.24, 2.45) is 0 Å². The lowest BCUT2D eigenvalue weighted by molar-refractivity contribution is 0.215. The van der Waals surface area contributed by atoms with E-state index in [2.05, 4.69) is 20.2 Å². The van der Waals surface area contributed by atoms with E-state index in [-0.39, 0.29) is 0 Å². The maximum atomic E-state index is 9.72. The molecule has 0 aliphatic rings. The SMILES string of the molecule is OC(c1cn[nH]c1)c1cnccn1. The van der Waals surface area contributed by atoms with Crippen molar-refractivity contribution in [1.29, 1.82) is 0 Å². The van der Waals surface area contributed by atoms with E-state index in [9.17, 15) is 5.11 Å². The predicted molar refractivity (Wildman–Crippen MR) is 44.7 cm³/mol. The second-order valence-corrected chi connectivity index (χ2v) is 2.56. The number of aliphatic hydroxyl groups excluding tert-OH is 1. The van der Waals surface area contributed by atoms with E-state index in [1.165, 1.54) is 6.20 Å². The summed E-state index contributed by atoms with van der Waals surface area (Å²) in [7, 11) is 0. The first-order valence-electron chi connectivity index (χ1n) is 3.80. The minimum atomic E-state index is -0.757. The van der Waals surface area contributed by atoms with Crippen molar-refractivity contribution >= 4 is 0 Å². The molecule has 0 bridgehead atoms. The highest BCUT2D eigenvalue weighted by Gasteiger charge is 2.11. The zero-order chi connectivity index (χ0) is 9.10. The molecule has 2 aromatic rings. The molecule has 0 aliphatic carbocycles. The van der Waals surface area contributed by atoms with Gasteiger partial charge in [-0.3, -0.25) is 15.1 Å². The molecule has 0 radical (unpaired) electrons. The number of hydrogen-bond donors (Lipinski definition) is 2. The summed E-state index contributed by atoms with van der Waals surface area (Å²) >= 11 is 0. The number of aromatic nitrogens is 4. The number of aliphatic hydroxyl groups is 1. The summed E-state index contributed by atoms with van der Waals surface area (Å²) in [5, 5.41) is 16.1. The van der Waals surface area contributed by atoms with Gasteiger partial charge in [0.1, 0.15) is 6.10 Å². The van der Waals surface area contributed by atoms with Crippen LogP contribution in [0.4, 0.5) is 0 Å². The molecule has 0 spiro atoms. The van der Waals surface area contributed by atoms with Gasteiger partial charge in [-0.2, -0.15) is 5.10 Å². The topological polar surface area (TPSA) is 74.7 Å². The third-order valence-corrected chi connectivity index (χ3v) is 1.70. The van der Waals surface area contributed by atoms with E-state index in [0.29, 0.717) is 11.3 Å². The number of hydrogen-bond acceptors (Lipinski definition) is 4. The highest BCUT2D eigenvalue weighted by atomic mass is 16.3. The van der Waals surface area contributed by atoms with E-state index < -0.39 is 6.10 Å². The average Bonchev–Trinajstić information content (AvgIpc) is 2.71. The Bertz CT molecular complexity index is 359. The molecule has 66 valence electrons. The van der Waals surface area contributed by atoms with Crippen LogP contribution >= 0.6 is 0 Å². The molecular formula is C8H8N4O. The maximum Gasteiger partial charge on any atom is 0.126 e. The first-order chi connectivity index (χ1) is 6.38. The van der Waals surface area contributed by atoms with Crippen LogP contribution in [0.1, 0.15) is 17.4 Å². The van der Waals surface area contributed by atoms with Gasteiger partial charge in [-0.05, 0) is 0 Å². The monoisotopic (exact) mass is 176 g/mol. The number of H-pyrrole nitrogens is 1. The van der Waals surface area contributed by atoms with E-state index in [1.54, 1.807) is 24.8 Å². The van der Waals surface area contributed by atoms with Crippen molar-refractivity contribution in [3.05, 3.63) is 42.2 Å². The number of aromatic amines is 1. The molecule has 2 N–H and O–H groups in total. The molecule has 5 heteroatoms. The standard InChI is InChI=1S/C8H8N4O/c13-8(6-3-11-12-4-6)7-5-9-1-2-10-7/h1-5,8,13H,(H,11,12). The molecule has 2 aromatic heterocycles. The van der Waals surface area contributed by atoms with E-state index in [0.717, 1.165) is 0 Å². The van der Waals surface area contributed by atoms with E-state index in [4.69, 9.17) is 0 Å². The predicted octanol–water partition coefficient (Wildman–Crippen LogP) is 0.281. The van der Waals surface area contributed by atoms with Crippen LogP contribution in [-0.4, -0.2) is 25.3 Å². The lowest BCUT2D eigenvalue weighted by Gasteiger charge is -2.05. The van der Waals surface area contributed by atoms with Crippen LogP contribution < -0.4 is 0 Å². The van der Waals surface area contributed by atoms with Gasteiger partial charge in [0.2, 0.25) is 0 Å². The molecule has 0 amide bonds. The number of nitrogens with one attached hydrogen (secondary N) is 1. The van der Waals surface area contributed by atoms with Crippen molar-refractivity contribution in [2.45, 2.75) is 6.10 Å². The lowest BCUT2D eigenvalue weighted by atomic mass is 10.1. The third kappa shape index (κ3) is 1.54. The van der Waals surface area contributed by atoms with Crippen molar-refractivity contribution in [2.75, 3.05) is 0 Å². The zero-order valence-electron chi connectivity index (χ0n) is 6.75. The van der Waals surface area contributed by atoms with Gasteiger partial charge in [0.15, 0.2) is 0 Å². The van der Waals surface area contributed by atoms with Crippen LogP contribution in [-0.2, 0) is 0 Å². The Kier molecular flexibility index (Phi) is 2.01. The number of rotatable bonds is 2. The number of nitrogens with zero attached hydrogens (tertiary/aromatic N) is 3. The first-order valence-corrected chi connectivity index (χ1v) is 3.80. The fraction of sp³-hybridized carbons (Fsp3) is 0.125. The van der Waals surface area contributed by atoms with Gasteiger partial charge in [0.05, 0.1) is 18.1 Å². The summed E-state index contributed by atoms with van der Waals surface area (Å²) in [6.07, 6.45) is 7.05. The molecule has 0 saturated heterocycles. The van der Waals surface area contributed by atoms with E-state index in [1.807, 2.05) is 0 Å². The minimum Gasteiger partial charge on any atom is -0.382 e. The Balaban J connectivity index is 2.29. The van der Waals surface area contributed by atoms with Gasteiger partial charge in [-0.1, -0.05) is 0 Å². The first kappa shape index (κ1) is 7.88. The zero-order valence-corrected chi connectivity index (χ0v) is 6.75. The molecule has 0 fully saturated rings. The van der Waals surface area contributed by atoms with Gasteiger partial charge in [-0.25, -0.2) is 0 Å². The van der Waals surface area contributed by atoms with Gasteiger partial charge < -0.3 is 5.11 Å². The van der Waals surface area contributed by atoms with Crippen molar-refractivity contribution in [3.63, 3.8) is 0 Å². The van der Waals surface area contributed by atoms with Crippen LogP contribution in [0.3, 0.4) is 0 Å². The second kappa shape index (κ2) is 3.32. The summed E-state index contributed by atoms with van der Waals surface area (Å²) < 4.78 is 0. The second-order valence-electron chi connectivity index (χ2n) is 2.56. The molecule has 1 unspecified atom stereocenters. The Hall–Kier alpha value is -1.75. The highest BCUT2D eigenvalue weighted by molar-refractivity contribution is 5.17. The quantitative estimate of drug-likeness (QED) is 0.689. The molecule has 1 atom stereocenters. The molecular weight excluding hydrogens is 168 g/mol. The molecule has 0 saturated carbocycles.